The number of aromatic nitrogens is 1. The van der Waals surface area contributed by atoms with Crippen LogP contribution in [0.5, 0.6) is 17.2 Å². The molecule has 0 radical (unpaired) electrons. The van der Waals surface area contributed by atoms with Crippen LogP contribution in [0.15, 0.2) is 55.9 Å². The molecule has 1 aromatic heterocycles. The second kappa shape index (κ2) is 10.8. The van der Waals surface area contributed by atoms with Gasteiger partial charge in [0.2, 0.25) is 0 Å². The molecule has 38 heavy (non-hydrogen) atoms. The van der Waals surface area contributed by atoms with Gasteiger partial charge in [0.05, 0.1) is 47.6 Å². The Kier molecular flexibility index (Phi) is 7.69. The molecule has 0 fully saturated rings. The second-order valence-electron chi connectivity index (χ2n) is 8.03. The lowest BCUT2D eigenvalue weighted by Gasteiger charge is -2.26. The van der Waals surface area contributed by atoms with E-state index in [1.54, 1.807) is 26.0 Å². The molecule has 0 unspecified atom stereocenters. The first-order chi connectivity index (χ1) is 18.1. The number of hydrogen-bond acceptors (Lipinski definition) is 10. The Morgan fingerprint density at radius 2 is 1.95 bits per heavy atom. The Balaban J connectivity index is 2.02. The van der Waals surface area contributed by atoms with Gasteiger partial charge in [-0.3, -0.25) is 19.5 Å². The highest BCUT2D eigenvalue weighted by Crippen LogP contribution is 2.40. The van der Waals surface area contributed by atoms with Gasteiger partial charge in [-0.2, -0.15) is 0 Å². The van der Waals surface area contributed by atoms with Crippen molar-refractivity contribution in [1.82, 2.24) is 4.57 Å². The van der Waals surface area contributed by atoms with Gasteiger partial charge in [-0.15, -0.1) is 0 Å². The zero-order valence-corrected chi connectivity index (χ0v) is 23.1. The van der Waals surface area contributed by atoms with Crippen molar-refractivity contribution in [2.45, 2.75) is 19.9 Å². The third-order valence-electron chi connectivity index (χ3n) is 5.82. The number of allylic oxidation sites excluding steroid dienone is 1. The maximum atomic E-state index is 13.8. The zero-order valence-electron chi connectivity index (χ0n) is 20.7. The van der Waals surface area contributed by atoms with Crippen molar-refractivity contribution in [3.63, 3.8) is 0 Å². The van der Waals surface area contributed by atoms with E-state index >= 15 is 0 Å². The van der Waals surface area contributed by atoms with Crippen LogP contribution in [-0.4, -0.2) is 41.4 Å². The Bertz CT molecular complexity index is 1670. The number of carbonyl (C=O) groups excluding carboxylic acids is 1. The van der Waals surface area contributed by atoms with Gasteiger partial charge in [0.1, 0.15) is 5.75 Å². The summed E-state index contributed by atoms with van der Waals surface area (Å²) in [6.07, 6.45) is 1.36. The van der Waals surface area contributed by atoms with E-state index in [4.69, 9.17) is 14.2 Å². The van der Waals surface area contributed by atoms with Crippen LogP contribution >= 0.6 is 27.3 Å². The molecule has 1 atom stereocenters. The molecule has 13 heteroatoms. The third-order valence-corrected chi connectivity index (χ3v) is 7.49. The van der Waals surface area contributed by atoms with Crippen LogP contribution in [0.25, 0.3) is 6.08 Å². The number of fused-ring (bicyclic) bond motifs is 1. The molecular formula is C25H22BrN3O8S. The van der Waals surface area contributed by atoms with Crippen molar-refractivity contribution in [3.05, 3.63) is 87.0 Å². The molecule has 2 heterocycles. The Hall–Kier alpha value is -3.97. The highest BCUT2D eigenvalue weighted by atomic mass is 79.9. The van der Waals surface area contributed by atoms with Crippen molar-refractivity contribution < 1.29 is 29.0 Å². The molecule has 1 aliphatic rings. The van der Waals surface area contributed by atoms with Gasteiger partial charge < -0.3 is 19.3 Å². The summed E-state index contributed by atoms with van der Waals surface area (Å²) in [5.74, 6) is -0.0441. The average molecular weight is 604 g/mol. The number of thiazole rings is 1. The third kappa shape index (κ3) is 4.82. The summed E-state index contributed by atoms with van der Waals surface area (Å²) in [5, 5.41) is 21.5. The van der Waals surface area contributed by atoms with E-state index in [-0.39, 0.29) is 33.7 Å². The number of esters is 1. The summed E-state index contributed by atoms with van der Waals surface area (Å²) in [6.45, 7) is 3.44. The number of benzene rings is 2. The largest absolute Gasteiger partial charge is 0.507 e. The van der Waals surface area contributed by atoms with E-state index in [0.717, 1.165) is 17.4 Å². The number of phenolic OH excluding ortho intramolecular Hbond substituents is 1. The van der Waals surface area contributed by atoms with Crippen LogP contribution in [0.2, 0.25) is 0 Å². The minimum absolute atomic E-state index is 0.0923. The van der Waals surface area contributed by atoms with Gasteiger partial charge >= 0.3 is 5.97 Å². The van der Waals surface area contributed by atoms with Gasteiger partial charge in [-0.25, -0.2) is 9.79 Å². The summed E-state index contributed by atoms with van der Waals surface area (Å²) in [4.78, 5) is 42.3. The molecule has 0 saturated heterocycles. The fourth-order valence-electron chi connectivity index (χ4n) is 4.08. The molecule has 0 bridgehead atoms. The number of aromatic hydroxyl groups is 1. The van der Waals surface area contributed by atoms with E-state index in [0.29, 0.717) is 32.0 Å². The van der Waals surface area contributed by atoms with Crippen molar-refractivity contribution in [2.24, 2.45) is 4.99 Å². The standard InChI is InChI=1S/C25H22BrN3O8S/c1-5-37-24(32)21-12(2)27-25-28(22(21)15-10-18(35-3)19(36-4)11-16(15)26)23(31)20(38-25)9-13-8-14(29(33)34)6-7-17(13)30/h6-11,22,30H,5H2,1-4H3/b20-9-/t22-/m0/s1. The molecule has 2 aromatic carbocycles. The number of carbonyl (C=O) groups is 1. The maximum absolute atomic E-state index is 13.8. The maximum Gasteiger partial charge on any atom is 0.338 e. The van der Waals surface area contributed by atoms with Gasteiger partial charge in [0.25, 0.3) is 11.2 Å². The number of nitro groups is 1. The van der Waals surface area contributed by atoms with E-state index < -0.39 is 22.5 Å². The molecule has 0 aliphatic carbocycles. The van der Waals surface area contributed by atoms with Gasteiger partial charge in [-0.1, -0.05) is 27.3 Å². The van der Waals surface area contributed by atoms with E-state index in [1.807, 2.05) is 0 Å². The van der Waals surface area contributed by atoms with Crippen molar-refractivity contribution in [2.75, 3.05) is 20.8 Å². The Morgan fingerprint density at radius 1 is 1.26 bits per heavy atom. The number of nitrogens with zero attached hydrogens (tertiary/aromatic N) is 3. The highest BCUT2D eigenvalue weighted by molar-refractivity contribution is 9.10. The molecule has 0 amide bonds. The molecule has 3 aromatic rings. The lowest BCUT2D eigenvalue weighted by molar-refractivity contribution is -0.384. The molecule has 198 valence electrons. The zero-order chi connectivity index (χ0) is 27.7. The van der Waals surface area contributed by atoms with Crippen LogP contribution in [0.4, 0.5) is 5.69 Å². The van der Waals surface area contributed by atoms with E-state index in [1.165, 1.54) is 37.0 Å². The SMILES string of the molecule is CCOC(=O)C1=C(C)N=c2s/c(=C\c3cc([N+](=O)[O-])ccc3O)c(=O)n2[C@H]1c1cc(OC)c(OC)cc1Br. The summed E-state index contributed by atoms with van der Waals surface area (Å²) < 4.78 is 18.2. The van der Waals surface area contributed by atoms with Crippen LogP contribution in [0.1, 0.15) is 31.0 Å². The number of rotatable bonds is 7. The predicted molar refractivity (Wildman–Crippen MR) is 142 cm³/mol. The van der Waals surface area contributed by atoms with Crippen LogP contribution < -0.4 is 24.4 Å². The van der Waals surface area contributed by atoms with E-state index in [2.05, 4.69) is 20.9 Å². The summed E-state index contributed by atoms with van der Waals surface area (Å²) in [6, 6.07) is 5.91. The fraction of sp³-hybridized carbons (Fsp3) is 0.240. The molecule has 1 aliphatic heterocycles. The topological polar surface area (TPSA) is 142 Å². The molecule has 0 spiro atoms. The fourth-order valence-corrected chi connectivity index (χ4v) is 5.65. The van der Waals surface area contributed by atoms with Crippen molar-refractivity contribution in [3.8, 4) is 17.2 Å². The minimum atomic E-state index is -0.944. The molecule has 4 rings (SSSR count). The number of ether oxygens (including phenoxy) is 3. The molecule has 0 saturated carbocycles. The molecule has 11 nitrogen and oxygen atoms in total. The number of phenols is 1. The summed E-state index contributed by atoms with van der Waals surface area (Å²) >= 11 is 4.56. The predicted octanol–water partition coefficient (Wildman–Crippen LogP) is 3.19. The van der Waals surface area contributed by atoms with Gasteiger partial charge in [-0.05, 0) is 43.7 Å². The number of nitro benzene ring substituents is 1. The van der Waals surface area contributed by atoms with Crippen LogP contribution in [0, 0.1) is 10.1 Å². The van der Waals surface area contributed by atoms with Gasteiger partial charge in [0, 0.05) is 22.2 Å². The first kappa shape index (κ1) is 27.1. The van der Waals surface area contributed by atoms with Crippen LogP contribution in [-0.2, 0) is 9.53 Å². The number of halogens is 1. The van der Waals surface area contributed by atoms with Gasteiger partial charge in [0.15, 0.2) is 16.3 Å². The Morgan fingerprint density at radius 3 is 2.58 bits per heavy atom. The lowest BCUT2D eigenvalue weighted by Crippen LogP contribution is -2.40. The van der Waals surface area contributed by atoms with Crippen LogP contribution in [0.3, 0.4) is 0 Å². The number of methoxy groups -OCH3 is 2. The number of non-ortho nitro benzene ring substituents is 1. The molecule has 1 N–H and O–H groups in total. The van der Waals surface area contributed by atoms with Crippen molar-refractivity contribution in [1.29, 1.82) is 0 Å². The smallest absolute Gasteiger partial charge is 0.338 e. The quantitative estimate of drug-likeness (QED) is 0.246. The summed E-state index contributed by atoms with van der Waals surface area (Å²) in [7, 11) is 2.96. The second-order valence-corrected chi connectivity index (χ2v) is 9.89. The number of hydrogen-bond donors (Lipinski definition) is 1. The van der Waals surface area contributed by atoms with E-state index in [9.17, 15) is 24.8 Å². The first-order valence-electron chi connectivity index (χ1n) is 11.2. The minimum Gasteiger partial charge on any atom is -0.507 e. The van der Waals surface area contributed by atoms with Crippen molar-refractivity contribution >= 4 is 45.0 Å². The first-order valence-corrected chi connectivity index (χ1v) is 12.8. The monoisotopic (exact) mass is 603 g/mol. The lowest BCUT2D eigenvalue weighted by atomic mass is 9.95. The highest BCUT2D eigenvalue weighted by Gasteiger charge is 2.35. The Labute approximate surface area is 228 Å². The molecular weight excluding hydrogens is 582 g/mol. The summed E-state index contributed by atoms with van der Waals surface area (Å²) in [5.41, 5.74) is 0.383. The average Bonchev–Trinajstić information content (AvgIpc) is 3.18. The normalized spacial score (nSPS) is 15.1.